The number of benzene rings is 1. The second-order valence-electron chi connectivity index (χ2n) is 3.14. The Balaban J connectivity index is 3.03. The molecule has 0 unspecified atom stereocenters. The summed E-state index contributed by atoms with van der Waals surface area (Å²) in [5, 5.41) is 10.5. The molecule has 0 saturated carbocycles. The van der Waals surface area contributed by atoms with E-state index in [9.17, 15) is 5.11 Å². The molecule has 0 aliphatic rings. The fourth-order valence-electron chi connectivity index (χ4n) is 1.03. The molecular formula is C10H13ClO. The second-order valence-corrected chi connectivity index (χ2v) is 3.57. The predicted molar refractivity (Wildman–Crippen MR) is 51.3 cm³/mol. The summed E-state index contributed by atoms with van der Waals surface area (Å²) >= 11 is 5.80. The quantitative estimate of drug-likeness (QED) is 0.750. The molecule has 0 amide bonds. The summed E-state index contributed by atoms with van der Waals surface area (Å²) in [6.45, 7) is 3.74. The van der Waals surface area contributed by atoms with Gasteiger partial charge in [0.1, 0.15) is 0 Å². The summed E-state index contributed by atoms with van der Waals surface area (Å²) in [6, 6.07) is 7.33. The van der Waals surface area contributed by atoms with Gasteiger partial charge >= 0.3 is 0 Å². The van der Waals surface area contributed by atoms with Crippen molar-refractivity contribution in [2.45, 2.75) is 25.9 Å². The summed E-state index contributed by atoms with van der Waals surface area (Å²) in [7, 11) is 0. The fourth-order valence-corrected chi connectivity index (χ4v) is 1.22. The number of aliphatic hydroxyl groups is 1. The molecule has 1 atom stereocenters. The summed E-state index contributed by atoms with van der Waals surface area (Å²) in [6.07, 6.45) is 0.688. The zero-order chi connectivity index (χ0) is 9.19. The van der Waals surface area contributed by atoms with Crippen molar-refractivity contribution in [3.8, 4) is 0 Å². The van der Waals surface area contributed by atoms with E-state index in [1.807, 2.05) is 19.1 Å². The van der Waals surface area contributed by atoms with Crippen LogP contribution in [0.3, 0.4) is 0 Å². The fraction of sp³-hybridized carbons (Fsp3) is 0.400. The van der Waals surface area contributed by atoms with Crippen molar-refractivity contribution in [1.29, 1.82) is 0 Å². The maximum Gasteiger partial charge on any atom is 0.0866 e. The van der Waals surface area contributed by atoms with Gasteiger partial charge in [0.15, 0.2) is 0 Å². The molecule has 1 nitrogen and oxygen atoms in total. The number of halogens is 1. The van der Waals surface area contributed by atoms with Crippen molar-refractivity contribution in [3.63, 3.8) is 0 Å². The van der Waals surface area contributed by atoms with Gasteiger partial charge < -0.3 is 5.11 Å². The zero-order valence-corrected chi connectivity index (χ0v) is 8.10. The zero-order valence-electron chi connectivity index (χ0n) is 7.34. The summed E-state index contributed by atoms with van der Waals surface area (Å²) in [4.78, 5) is 0. The van der Waals surface area contributed by atoms with Gasteiger partial charge in [0.2, 0.25) is 0 Å². The first-order valence-electron chi connectivity index (χ1n) is 4.04. The lowest BCUT2D eigenvalue weighted by molar-refractivity contribution is 0.0531. The third-order valence-corrected chi connectivity index (χ3v) is 2.37. The highest BCUT2D eigenvalue weighted by Gasteiger charge is 2.19. The molecule has 0 spiro atoms. The summed E-state index contributed by atoms with van der Waals surface area (Å²) < 4.78 is 0. The Morgan fingerprint density at radius 3 is 2.67 bits per heavy atom. The van der Waals surface area contributed by atoms with Gasteiger partial charge in [-0.15, -0.1) is 0 Å². The Kier molecular flexibility index (Phi) is 2.76. The molecule has 0 fully saturated rings. The average molecular weight is 185 g/mol. The van der Waals surface area contributed by atoms with Crippen LogP contribution in [0, 0.1) is 0 Å². The van der Waals surface area contributed by atoms with E-state index in [-0.39, 0.29) is 0 Å². The van der Waals surface area contributed by atoms with Crippen LogP contribution in [0.15, 0.2) is 24.3 Å². The Morgan fingerprint density at radius 2 is 2.17 bits per heavy atom. The highest BCUT2D eigenvalue weighted by atomic mass is 35.5. The smallest absolute Gasteiger partial charge is 0.0866 e. The molecule has 0 saturated heterocycles. The minimum Gasteiger partial charge on any atom is -0.385 e. The molecule has 1 rings (SSSR count). The Hall–Kier alpha value is -0.530. The van der Waals surface area contributed by atoms with Crippen LogP contribution in [-0.4, -0.2) is 5.11 Å². The van der Waals surface area contributed by atoms with Crippen LogP contribution in [0.2, 0.25) is 5.02 Å². The molecule has 1 N–H and O–H groups in total. The normalized spacial score (nSPS) is 15.7. The van der Waals surface area contributed by atoms with Crippen LogP contribution in [0.4, 0.5) is 0 Å². The molecular weight excluding hydrogens is 172 g/mol. The van der Waals surface area contributed by atoms with Crippen LogP contribution >= 0.6 is 11.6 Å². The highest BCUT2D eigenvalue weighted by Crippen LogP contribution is 2.25. The molecule has 0 aromatic heterocycles. The highest BCUT2D eigenvalue weighted by molar-refractivity contribution is 6.30. The maximum absolute atomic E-state index is 9.86. The van der Waals surface area contributed by atoms with Crippen molar-refractivity contribution in [1.82, 2.24) is 0 Å². The third-order valence-electron chi connectivity index (χ3n) is 2.13. The second kappa shape index (κ2) is 3.46. The van der Waals surface area contributed by atoms with Gasteiger partial charge in [0, 0.05) is 5.02 Å². The predicted octanol–water partition coefficient (Wildman–Crippen LogP) is 2.96. The lowest BCUT2D eigenvalue weighted by Gasteiger charge is -2.21. The van der Waals surface area contributed by atoms with Gasteiger partial charge in [-0.3, -0.25) is 0 Å². The lowest BCUT2D eigenvalue weighted by atomic mass is 9.94. The van der Waals surface area contributed by atoms with Crippen molar-refractivity contribution in [2.24, 2.45) is 0 Å². The van der Waals surface area contributed by atoms with E-state index in [1.165, 1.54) is 0 Å². The minimum absolute atomic E-state index is 0.668. The SMILES string of the molecule is CC[C@@](C)(O)c1cccc(Cl)c1. The van der Waals surface area contributed by atoms with Crippen LogP contribution in [0.25, 0.3) is 0 Å². The first kappa shape index (κ1) is 9.56. The molecule has 2 heteroatoms. The van der Waals surface area contributed by atoms with Gasteiger partial charge in [-0.05, 0) is 31.0 Å². The first-order chi connectivity index (χ1) is 5.56. The van der Waals surface area contributed by atoms with E-state index in [0.29, 0.717) is 11.4 Å². The number of hydrogen-bond acceptors (Lipinski definition) is 1. The van der Waals surface area contributed by atoms with E-state index in [0.717, 1.165) is 5.56 Å². The molecule has 0 aliphatic carbocycles. The van der Waals surface area contributed by atoms with Gasteiger partial charge in [-0.1, -0.05) is 30.7 Å². The standard InChI is InChI=1S/C10H13ClO/c1-3-10(2,12)8-5-4-6-9(11)7-8/h4-7,12H,3H2,1-2H3/t10-/m1/s1. The molecule has 1 aromatic carbocycles. The van der Waals surface area contributed by atoms with Gasteiger partial charge in [0.05, 0.1) is 5.60 Å². The monoisotopic (exact) mass is 184 g/mol. The van der Waals surface area contributed by atoms with Gasteiger partial charge in [-0.2, -0.15) is 0 Å². The maximum atomic E-state index is 9.86. The summed E-state index contributed by atoms with van der Waals surface area (Å²) in [5.41, 5.74) is 0.114. The van der Waals surface area contributed by atoms with Crippen molar-refractivity contribution >= 4 is 11.6 Å². The molecule has 1 aromatic rings. The Morgan fingerprint density at radius 1 is 1.50 bits per heavy atom. The molecule has 0 aliphatic heterocycles. The van der Waals surface area contributed by atoms with Crippen LogP contribution < -0.4 is 0 Å². The molecule has 12 heavy (non-hydrogen) atoms. The van der Waals surface area contributed by atoms with Crippen molar-refractivity contribution in [2.75, 3.05) is 0 Å². The summed E-state index contributed by atoms with van der Waals surface area (Å²) in [5.74, 6) is 0. The van der Waals surface area contributed by atoms with Crippen molar-refractivity contribution in [3.05, 3.63) is 34.9 Å². The van der Waals surface area contributed by atoms with Crippen LogP contribution in [-0.2, 0) is 5.60 Å². The molecule has 0 heterocycles. The number of rotatable bonds is 2. The minimum atomic E-state index is -0.759. The van der Waals surface area contributed by atoms with Gasteiger partial charge in [-0.25, -0.2) is 0 Å². The van der Waals surface area contributed by atoms with Crippen LogP contribution in [0.1, 0.15) is 25.8 Å². The average Bonchev–Trinajstić information content (AvgIpc) is 2.05. The van der Waals surface area contributed by atoms with E-state index in [1.54, 1.807) is 19.1 Å². The lowest BCUT2D eigenvalue weighted by Crippen LogP contribution is -2.19. The Labute approximate surface area is 78.0 Å². The topological polar surface area (TPSA) is 20.2 Å². The molecule has 66 valence electrons. The van der Waals surface area contributed by atoms with E-state index < -0.39 is 5.60 Å². The largest absolute Gasteiger partial charge is 0.385 e. The van der Waals surface area contributed by atoms with Crippen molar-refractivity contribution < 1.29 is 5.11 Å². The first-order valence-corrected chi connectivity index (χ1v) is 4.42. The van der Waals surface area contributed by atoms with E-state index >= 15 is 0 Å². The van der Waals surface area contributed by atoms with E-state index in [2.05, 4.69) is 0 Å². The van der Waals surface area contributed by atoms with E-state index in [4.69, 9.17) is 11.6 Å². The van der Waals surface area contributed by atoms with Crippen LogP contribution in [0.5, 0.6) is 0 Å². The van der Waals surface area contributed by atoms with Gasteiger partial charge in [0.25, 0.3) is 0 Å². The number of hydrogen-bond donors (Lipinski definition) is 1. The Bertz CT molecular complexity index is 268. The molecule has 0 bridgehead atoms. The molecule has 0 radical (unpaired) electrons. The third kappa shape index (κ3) is 1.99.